The predicted molar refractivity (Wildman–Crippen MR) is 69.8 cm³/mol. The molecule has 0 radical (unpaired) electrons. The van der Waals surface area contributed by atoms with Gasteiger partial charge in [0.05, 0.1) is 12.8 Å². The van der Waals surface area contributed by atoms with Gasteiger partial charge < -0.3 is 9.73 Å². The fourth-order valence-electron chi connectivity index (χ4n) is 2.33. The van der Waals surface area contributed by atoms with E-state index in [2.05, 4.69) is 30.9 Å². The largest absolute Gasteiger partial charge is 0.468 e. The third-order valence-corrected chi connectivity index (χ3v) is 4.54. The lowest BCUT2D eigenvalue weighted by atomic mass is 10.2. The summed E-state index contributed by atoms with van der Waals surface area (Å²) in [4.78, 5) is 0. The number of hydrogen-bond acceptors (Lipinski definition) is 3. The molecule has 1 saturated carbocycles. The number of aryl methyl sites for hydroxylation is 1. The summed E-state index contributed by atoms with van der Waals surface area (Å²) < 4.78 is 5.43. The van der Waals surface area contributed by atoms with Crippen LogP contribution in [0, 0.1) is 6.92 Å². The highest BCUT2D eigenvalue weighted by Crippen LogP contribution is 2.29. The number of furan rings is 1. The first-order valence-corrected chi connectivity index (χ1v) is 7.22. The van der Waals surface area contributed by atoms with Crippen molar-refractivity contribution in [3.05, 3.63) is 23.7 Å². The van der Waals surface area contributed by atoms with Gasteiger partial charge in [0, 0.05) is 11.3 Å². The summed E-state index contributed by atoms with van der Waals surface area (Å²) in [6, 6.07) is 2.72. The minimum atomic E-state index is 0.688. The molecule has 1 aromatic rings. The molecular formula is C13H21NOS. The van der Waals surface area contributed by atoms with Crippen LogP contribution in [-0.4, -0.2) is 17.0 Å². The maximum absolute atomic E-state index is 5.43. The molecule has 2 atom stereocenters. The molecule has 0 aliphatic heterocycles. The molecule has 2 unspecified atom stereocenters. The van der Waals surface area contributed by atoms with E-state index in [1.807, 2.05) is 6.07 Å². The van der Waals surface area contributed by atoms with Crippen molar-refractivity contribution < 1.29 is 4.42 Å². The van der Waals surface area contributed by atoms with Crippen LogP contribution >= 0.6 is 11.8 Å². The molecule has 1 aliphatic rings. The van der Waals surface area contributed by atoms with E-state index in [1.165, 1.54) is 30.6 Å². The van der Waals surface area contributed by atoms with E-state index in [0.717, 1.165) is 17.6 Å². The second-order valence-electron chi connectivity index (χ2n) is 4.50. The molecule has 1 fully saturated rings. The Labute approximate surface area is 102 Å². The average molecular weight is 239 g/mol. The maximum atomic E-state index is 5.43. The van der Waals surface area contributed by atoms with Crippen LogP contribution in [0.2, 0.25) is 0 Å². The zero-order valence-corrected chi connectivity index (χ0v) is 11.0. The summed E-state index contributed by atoms with van der Waals surface area (Å²) in [6.45, 7) is 5.23. The predicted octanol–water partition coefficient (Wildman–Crippen LogP) is 3.35. The monoisotopic (exact) mass is 239 g/mol. The minimum Gasteiger partial charge on any atom is -0.468 e. The SMILES string of the molecule is CCSC1CCC(NCc2occc2C)C1. The van der Waals surface area contributed by atoms with Crippen molar-refractivity contribution in [3.8, 4) is 0 Å². The van der Waals surface area contributed by atoms with Gasteiger partial charge >= 0.3 is 0 Å². The Kier molecular flexibility index (Phi) is 4.36. The fourth-order valence-corrected chi connectivity index (χ4v) is 3.48. The third kappa shape index (κ3) is 3.05. The Balaban J connectivity index is 1.74. The Morgan fingerprint density at radius 3 is 3.06 bits per heavy atom. The number of nitrogens with one attached hydrogen (secondary N) is 1. The van der Waals surface area contributed by atoms with Gasteiger partial charge in [-0.3, -0.25) is 0 Å². The summed E-state index contributed by atoms with van der Waals surface area (Å²) in [5, 5.41) is 4.48. The van der Waals surface area contributed by atoms with E-state index in [9.17, 15) is 0 Å². The van der Waals surface area contributed by atoms with Crippen LogP contribution in [0.4, 0.5) is 0 Å². The topological polar surface area (TPSA) is 25.2 Å². The molecule has 0 saturated heterocycles. The zero-order chi connectivity index (χ0) is 11.4. The van der Waals surface area contributed by atoms with Crippen LogP contribution in [0.1, 0.15) is 37.5 Å². The maximum Gasteiger partial charge on any atom is 0.120 e. The van der Waals surface area contributed by atoms with Crippen molar-refractivity contribution in [3.63, 3.8) is 0 Å². The van der Waals surface area contributed by atoms with Crippen LogP contribution in [-0.2, 0) is 6.54 Å². The lowest BCUT2D eigenvalue weighted by molar-refractivity contribution is 0.444. The lowest BCUT2D eigenvalue weighted by Crippen LogP contribution is -2.26. The first-order valence-electron chi connectivity index (χ1n) is 6.17. The second-order valence-corrected chi connectivity index (χ2v) is 6.07. The first-order chi connectivity index (χ1) is 7.79. The van der Waals surface area contributed by atoms with Crippen molar-refractivity contribution in [2.45, 2.75) is 50.9 Å². The normalized spacial score (nSPS) is 25.1. The fraction of sp³-hybridized carbons (Fsp3) is 0.692. The van der Waals surface area contributed by atoms with Gasteiger partial charge in [-0.05, 0) is 43.6 Å². The highest BCUT2D eigenvalue weighted by atomic mass is 32.2. The lowest BCUT2D eigenvalue weighted by Gasteiger charge is -2.12. The molecule has 2 rings (SSSR count). The third-order valence-electron chi connectivity index (χ3n) is 3.31. The first kappa shape index (κ1) is 12.1. The molecule has 16 heavy (non-hydrogen) atoms. The summed E-state index contributed by atoms with van der Waals surface area (Å²) in [5.41, 5.74) is 1.25. The Hall–Kier alpha value is -0.410. The molecule has 1 aromatic heterocycles. The van der Waals surface area contributed by atoms with Crippen LogP contribution in [0.3, 0.4) is 0 Å². The van der Waals surface area contributed by atoms with Crippen molar-refractivity contribution >= 4 is 11.8 Å². The van der Waals surface area contributed by atoms with Gasteiger partial charge in [-0.25, -0.2) is 0 Å². The van der Waals surface area contributed by atoms with Gasteiger partial charge in [-0.1, -0.05) is 6.92 Å². The number of thioether (sulfide) groups is 1. The Bertz CT molecular complexity index is 323. The summed E-state index contributed by atoms with van der Waals surface area (Å²) in [5.74, 6) is 2.33. The summed E-state index contributed by atoms with van der Waals surface area (Å²) in [7, 11) is 0. The van der Waals surface area contributed by atoms with Crippen molar-refractivity contribution in [2.24, 2.45) is 0 Å². The van der Waals surface area contributed by atoms with Gasteiger partial charge in [0.25, 0.3) is 0 Å². The van der Waals surface area contributed by atoms with E-state index in [4.69, 9.17) is 4.42 Å². The van der Waals surface area contributed by atoms with Gasteiger partial charge in [0.15, 0.2) is 0 Å². The molecular weight excluding hydrogens is 218 g/mol. The van der Waals surface area contributed by atoms with Crippen molar-refractivity contribution in [1.29, 1.82) is 0 Å². The number of hydrogen-bond donors (Lipinski definition) is 1. The summed E-state index contributed by atoms with van der Waals surface area (Å²) in [6.07, 6.45) is 5.78. The molecule has 0 bridgehead atoms. The highest BCUT2D eigenvalue weighted by Gasteiger charge is 2.24. The van der Waals surface area contributed by atoms with Gasteiger partial charge in [-0.2, -0.15) is 11.8 Å². The number of rotatable bonds is 5. The van der Waals surface area contributed by atoms with E-state index in [1.54, 1.807) is 6.26 Å². The Morgan fingerprint density at radius 1 is 1.50 bits per heavy atom. The molecule has 0 amide bonds. The average Bonchev–Trinajstić information content (AvgIpc) is 2.86. The molecule has 1 aliphatic carbocycles. The molecule has 90 valence electrons. The van der Waals surface area contributed by atoms with Gasteiger partial charge in [0.2, 0.25) is 0 Å². The van der Waals surface area contributed by atoms with Gasteiger partial charge in [-0.15, -0.1) is 0 Å². The van der Waals surface area contributed by atoms with Crippen LogP contribution < -0.4 is 5.32 Å². The molecule has 1 heterocycles. The van der Waals surface area contributed by atoms with Crippen LogP contribution in [0.25, 0.3) is 0 Å². The van der Waals surface area contributed by atoms with Crippen molar-refractivity contribution in [1.82, 2.24) is 5.32 Å². The second kappa shape index (κ2) is 5.78. The Morgan fingerprint density at radius 2 is 2.38 bits per heavy atom. The van der Waals surface area contributed by atoms with E-state index >= 15 is 0 Å². The summed E-state index contributed by atoms with van der Waals surface area (Å²) >= 11 is 2.11. The standard InChI is InChI=1S/C13H21NOS/c1-3-16-12-5-4-11(8-12)14-9-13-10(2)6-7-15-13/h6-7,11-12,14H,3-5,8-9H2,1-2H3. The van der Waals surface area contributed by atoms with Crippen LogP contribution in [0.15, 0.2) is 16.7 Å². The molecule has 0 spiro atoms. The smallest absolute Gasteiger partial charge is 0.120 e. The molecule has 3 heteroatoms. The zero-order valence-electron chi connectivity index (χ0n) is 10.2. The van der Waals surface area contributed by atoms with Crippen LogP contribution in [0.5, 0.6) is 0 Å². The van der Waals surface area contributed by atoms with E-state index in [-0.39, 0.29) is 0 Å². The molecule has 0 aromatic carbocycles. The van der Waals surface area contributed by atoms with Gasteiger partial charge in [0.1, 0.15) is 5.76 Å². The quantitative estimate of drug-likeness (QED) is 0.853. The highest BCUT2D eigenvalue weighted by molar-refractivity contribution is 7.99. The molecule has 1 N–H and O–H groups in total. The van der Waals surface area contributed by atoms with E-state index < -0.39 is 0 Å². The van der Waals surface area contributed by atoms with E-state index in [0.29, 0.717) is 6.04 Å². The minimum absolute atomic E-state index is 0.688. The van der Waals surface area contributed by atoms with Crippen molar-refractivity contribution in [2.75, 3.05) is 5.75 Å². The molecule has 2 nitrogen and oxygen atoms in total.